The summed E-state index contributed by atoms with van der Waals surface area (Å²) in [5.41, 5.74) is -0.173. The summed E-state index contributed by atoms with van der Waals surface area (Å²) in [6, 6.07) is 5.53. The summed E-state index contributed by atoms with van der Waals surface area (Å²) >= 11 is 5.56. The highest BCUT2D eigenvalue weighted by Crippen LogP contribution is 2.15. The van der Waals surface area contributed by atoms with Gasteiger partial charge in [-0.05, 0) is 30.3 Å². The van der Waals surface area contributed by atoms with E-state index in [-0.39, 0.29) is 16.3 Å². The normalized spacial score (nSPS) is 10.3. The van der Waals surface area contributed by atoms with Gasteiger partial charge in [0.15, 0.2) is 5.78 Å². The Bertz CT molecular complexity index is 569. The van der Waals surface area contributed by atoms with Crippen LogP contribution in [0.1, 0.15) is 15.9 Å². The second-order valence-electron chi connectivity index (χ2n) is 3.32. The summed E-state index contributed by atoms with van der Waals surface area (Å²) in [6.45, 7) is 0. The lowest BCUT2D eigenvalue weighted by Gasteiger charge is -2.02. The van der Waals surface area contributed by atoms with Gasteiger partial charge in [-0.25, -0.2) is 13.8 Å². The number of hydrogen-bond donors (Lipinski definition) is 0. The molecule has 0 aliphatic rings. The number of carbonyl (C=O) groups excluding carboxylic acids is 1. The Morgan fingerprint density at radius 2 is 1.94 bits per heavy atom. The van der Waals surface area contributed by atoms with E-state index >= 15 is 0 Å². The van der Waals surface area contributed by atoms with Crippen LogP contribution < -0.4 is 0 Å². The van der Waals surface area contributed by atoms with Gasteiger partial charge >= 0.3 is 0 Å². The first-order valence-corrected chi connectivity index (χ1v) is 5.07. The van der Waals surface area contributed by atoms with Crippen LogP contribution >= 0.6 is 11.6 Å². The average Bonchev–Trinajstić information content (AvgIpc) is 2.32. The molecule has 1 aromatic heterocycles. The highest BCUT2D eigenvalue weighted by Gasteiger charge is 2.15. The molecule has 0 N–H and O–H groups in total. The Kier molecular flexibility index (Phi) is 3.15. The molecule has 1 aromatic carbocycles. The van der Waals surface area contributed by atoms with Gasteiger partial charge in [0.1, 0.15) is 16.8 Å². The Balaban J connectivity index is 2.43. The molecular weight excluding hydrogens is 248 g/mol. The molecule has 17 heavy (non-hydrogen) atoms. The monoisotopic (exact) mass is 253 g/mol. The highest BCUT2D eigenvalue weighted by atomic mass is 35.5. The summed E-state index contributed by atoms with van der Waals surface area (Å²) in [5.74, 6) is -2.07. The van der Waals surface area contributed by atoms with E-state index < -0.39 is 17.4 Å². The van der Waals surface area contributed by atoms with Crippen LogP contribution in [0, 0.1) is 11.6 Å². The smallest absolute Gasteiger partial charge is 0.197 e. The maximum absolute atomic E-state index is 13.4. The molecule has 0 saturated heterocycles. The molecule has 0 amide bonds. The van der Waals surface area contributed by atoms with Crippen molar-refractivity contribution in [1.82, 2.24) is 4.98 Å². The van der Waals surface area contributed by atoms with Crippen molar-refractivity contribution in [3.05, 3.63) is 64.4 Å². The van der Waals surface area contributed by atoms with Gasteiger partial charge < -0.3 is 0 Å². The van der Waals surface area contributed by atoms with Crippen LogP contribution in [0.15, 0.2) is 36.5 Å². The molecule has 1 heterocycles. The molecular formula is C12H6ClF2NO. The van der Waals surface area contributed by atoms with Crippen molar-refractivity contribution in [2.75, 3.05) is 0 Å². The van der Waals surface area contributed by atoms with Gasteiger partial charge in [-0.3, -0.25) is 4.79 Å². The van der Waals surface area contributed by atoms with Crippen LogP contribution in [0.3, 0.4) is 0 Å². The molecule has 0 radical (unpaired) electrons. The molecule has 0 unspecified atom stereocenters. The first kappa shape index (κ1) is 11.7. The van der Waals surface area contributed by atoms with Gasteiger partial charge in [0.05, 0.1) is 5.56 Å². The Hall–Kier alpha value is -1.81. The fraction of sp³-hybridized carbons (Fsp3) is 0. The number of carbonyl (C=O) groups is 1. The SMILES string of the molecule is O=C(c1ccc(Cl)nc1)c1cc(F)ccc1F. The molecule has 86 valence electrons. The fourth-order valence-electron chi connectivity index (χ4n) is 1.34. The van der Waals surface area contributed by atoms with Crippen molar-refractivity contribution in [2.24, 2.45) is 0 Å². The zero-order valence-electron chi connectivity index (χ0n) is 8.45. The van der Waals surface area contributed by atoms with Gasteiger partial charge in [-0.15, -0.1) is 0 Å². The van der Waals surface area contributed by atoms with E-state index in [1.807, 2.05) is 0 Å². The van der Waals surface area contributed by atoms with Crippen molar-refractivity contribution >= 4 is 17.4 Å². The zero-order valence-corrected chi connectivity index (χ0v) is 9.21. The van der Waals surface area contributed by atoms with Crippen molar-refractivity contribution in [1.29, 1.82) is 0 Å². The lowest BCUT2D eigenvalue weighted by Crippen LogP contribution is -2.05. The third kappa shape index (κ3) is 2.47. The van der Waals surface area contributed by atoms with Crippen LogP contribution in [0.5, 0.6) is 0 Å². The van der Waals surface area contributed by atoms with E-state index in [1.54, 1.807) is 0 Å². The van der Waals surface area contributed by atoms with Gasteiger partial charge in [0.2, 0.25) is 0 Å². The quantitative estimate of drug-likeness (QED) is 0.607. The van der Waals surface area contributed by atoms with Gasteiger partial charge in [-0.2, -0.15) is 0 Å². The molecule has 0 atom stereocenters. The fourth-order valence-corrected chi connectivity index (χ4v) is 1.45. The third-order valence-corrected chi connectivity index (χ3v) is 2.39. The van der Waals surface area contributed by atoms with E-state index in [1.165, 1.54) is 18.3 Å². The average molecular weight is 254 g/mol. The molecule has 0 saturated carbocycles. The number of benzene rings is 1. The van der Waals surface area contributed by atoms with Crippen molar-refractivity contribution in [3.63, 3.8) is 0 Å². The standard InChI is InChI=1S/C12H6ClF2NO/c13-11-4-1-7(6-16-11)12(17)9-5-8(14)2-3-10(9)15/h1-6H. The van der Waals surface area contributed by atoms with Crippen LogP contribution in [0.25, 0.3) is 0 Å². The molecule has 2 rings (SSSR count). The Labute approximate surface area is 101 Å². The molecule has 5 heteroatoms. The minimum absolute atomic E-state index is 0.152. The minimum atomic E-state index is -0.772. The summed E-state index contributed by atoms with van der Waals surface area (Å²) in [7, 11) is 0. The topological polar surface area (TPSA) is 30.0 Å². The van der Waals surface area contributed by atoms with Gasteiger partial charge in [0, 0.05) is 11.8 Å². The summed E-state index contributed by atoms with van der Waals surface area (Å²) < 4.78 is 26.3. The number of ketones is 1. The Morgan fingerprint density at radius 1 is 1.18 bits per heavy atom. The molecule has 0 fully saturated rings. The maximum atomic E-state index is 13.4. The van der Waals surface area contributed by atoms with Gasteiger partial charge in [0.25, 0.3) is 0 Å². The second-order valence-corrected chi connectivity index (χ2v) is 3.71. The first-order valence-electron chi connectivity index (χ1n) is 4.69. The van der Waals surface area contributed by atoms with Gasteiger partial charge in [-0.1, -0.05) is 11.6 Å². The number of hydrogen-bond acceptors (Lipinski definition) is 2. The second kappa shape index (κ2) is 4.59. The van der Waals surface area contributed by atoms with Crippen LogP contribution in [0.2, 0.25) is 5.15 Å². The molecule has 2 aromatic rings. The molecule has 0 aliphatic heterocycles. The van der Waals surface area contributed by atoms with Crippen molar-refractivity contribution in [3.8, 4) is 0 Å². The maximum Gasteiger partial charge on any atom is 0.197 e. The summed E-state index contributed by atoms with van der Waals surface area (Å²) in [5, 5.41) is 0.223. The first-order chi connectivity index (χ1) is 8.08. The number of pyridine rings is 1. The largest absolute Gasteiger partial charge is 0.288 e. The van der Waals surface area contributed by atoms with E-state index in [4.69, 9.17) is 11.6 Å². The van der Waals surface area contributed by atoms with E-state index in [9.17, 15) is 13.6 Å². The Morgan fingerprint density at radius 3 is 2.59 bits per heavy atom. The number of rotatable bonds is 2. The highest BCUT2D eigenvalue weighted by molar-refractivity contribution is 6.29. The van der Waals surface area contributed by atoms with E-state index in [0.29, 0.717) is 0 Å². The van der Waals surface area contributed by atoms with Crippen LogP contribution in [0.4, 0.5) is 8.78 Å². The summed E-state index contributed by atoms with van der Waals surface area (Å²) in [4.78, 5) is 15.5. The van der Waals surface area contributed by atoms with Crippen LogP contribution in [-0.2, 0) is 0 Å². The van der Waals surface area contributed by atoms with Crippen molar-refractivity contribution < 1.29 is 13.6 Å². The molecule has 0 bridgehead atoms. The predicted octanol–water partition coefficient (Wildman–Crippen LogP) is 3.24. The third-order valence-electron chi connectivity index (χ3n) is 2.16. The minimum Gasteiger partial charge on any atom is -0.288 e. The number of halogens is 3. The molecule has 2 nitrogen and oxygen atoms in total. The lowest BCUT2D eigenvalue weighted by molar-refractivity contribution is 0.103. The summed E-state index contributed by atoms with van der Waals surface area (Å²) in [6.07, 6.45) is 1.22. The number of nitrogens with zero attached hydrogens (tertiary/aromatic N) is 1. The lowest BCUT2D eigenvalue weighted by atomic mass is 10.0. The van der Waals surface area contributed by atoms with E-state index in [2.05, 4.69) is 4.98 Å². The zero-order chi connectivity index (χ0) is 12.4. The van der Waals surface area contributed by atoms with Crippen LogP contribution in [-0.4, -0.2) is 10.8 Å². The molecule has 0 aliphatic carbocycles. The van der Waals surface area contributed by atoms with Crippen molar-refractivity contribution in [2.45, 2.75) is 0 Å². The number of aromatic nitrogens is 1. The molecule has 0 spiro atoms. The van der Waals surface area contributed by atoms with E-state index in [0.717, 1.165) is 18.2 Å². The predicted molar refractivity (Wildman–Crippen MR) is 59.0 cm³/mol.